The molecule has 0 bridgehead atoms. The van der Waals surface area contributed by atoms with E-state index in [0.717, 1.165) is 16.8 Å². The number of rotatable bonds is 1. The molecule has 0 saturated heterocycles. The molecule has 17 heavy (non-hydrogen) atoms. The Kier molecular flexibility index (Phi) is 2.05. The summed E-state index contributed by atoms with van der Waals surface area (Å²) in [6, 6.07) is 15.8. The zero-order chi connectivity index (χ0) is 11.8. The van der Waals surface area contributed by atoms with Crippen molar-refractivity contribution in [2.75, 3.05) is 11.5 Å². The highest BCUT2D eigenvalue weighted by Gasteiger charge is 2.04. The van der Waals surface area contributed by atoms with Crippen LogP contribution in [0.3, 0.4) is 0 Å². The molecule has 0 aliphatic carbocycles. The summed E-state index contributed by atoms with van der Waals surface area (Å²) in [5.74, 6) is 0. The minimum absolute atomic E-state index is 0.679. The molecule has 3 aromatic rings. The normalized spacial score (nSPS) is 10.8. The maximum atomic E-state index is 5.80. The lowest BCUT2D eigenvalue weighted by Crippen LogP contribution is -1.91. The average Bonchev–Trinajstić information content (AvgIpc) is 2.71. The van der Waals surface area contributed by atoms with Crippen LogP contribution >= 0.6 is 0 Å². The van der Waals surface area contributed by atoms with Crippen molar-refractivity contribution in [1.29, 1.82) is 0 Å². The van der Waals surface area contributed by atoms with E-state index in [2.05, 4.69) is 23.2 Å². The van der Waals surface area contributed by atoms with Gasteiger partial charge in [0.2, 0.25) is 0 Å². The first-order valence-corrected chi connectivity index (χ1v) is 5.46. The number of aromatic amines is 1. The van der Waals surface area contributed by atoms with Crippen LogP contribution in [-0.4, -0.2) is 4.98 Å². The second kappa shape index (κ2) is 3.56. The number of benzene rings is 2. The number of nitrogens with two attached hydrogens (primary N) is 2. The third-order valence-electron chi connectivity index (χ3n) is 2.82. The summed E-state index contributed by atoms with van der Waals surface area (Å²) in [4.78, 5) is 3.36. The van der Waals surface area contributed by atoms with Gasteiger partial charge in [0.25, 0.3) is 0 Å². The largest absolute Gasteiger partial charge is 0.399 e. The van der Waals surface area contributed by atoms with Gasteiger partial charge in [0.1, 0.15) is 0 Å². The van der Waals surface area contributed by atoms with Gasteiger partial charge in [-0.05, 0) is 30.3 Å². The number of nitrogen functional groups attached to an aromatic ring is 2. The third kappa shape index (κ3) is 1.72. The van der Waals surface area contributed by atoms with Gasteiger partial charge in [-0.3, -0.25) is 0 Å². The van der Waals surface area contributed by atoms with Crippen LogP contribution < -0.4 is 11.5 Å². The van der Waals surface area contributed by atoms with E-state index in [-0.39, 0.29) is 0 Å². The summed E-state index contributed by atoms with van der Waals surface area (Å²) >= 11 is 0. The van der Waals surface area contributed by atoms with Crippen molar-refractivity contribution in [3.8, 4) is 11.3 Å². The van der Waals surface area contributed by atoms with Crippen molar-refractivity contribution < 1.29 is 0 Å². The molecule has 84 valence electrons. The molecular weight excluding hydrogens is 210 g/mol. The highest BCUT2D eigenvalue weighted by Crippen LogP contribution is 2.27. The van der Waals surface area contributed by atoms with Gasteiger partial charge in [-0.1, -0.05) is 18.2 Å². The van der Waals surface area contributed by atoms with E-state index in [4.69, 9.17) is 11.5 Å². The number of H-pyrrole nitrogens is 1. The van der Waals surface area contributed by atoms with Crippen LogP contribution in [0.2, 0.25) is 0 Å². The molecule has 1 aromatic heterocycles. The van der Waals surface area contributed by atoms with Crippen LogP contribution in [0.4, 0.5) is 11.4 Å². The molecule has 3 rings (SSSR count). The Labute approximate surface area is 99.1 Å². The smallest absolute Gasteiger partial charge is 0.0466 e. The van der Waals surface area contributed by atoms with E-state index in [1.165, 1.54) is 5.39 Å². The molecule has 0 saturated carbocycles. The molecule has 3 heteroatoms. The first-order chi connectivity index (χ1) is 8.22. The standard InChI is InChI=1S/C14H13N3/c15-11-5-10(6-12(16)8-11)14-7-9-3-1-2-4-13(9)17-14/h1-8,17H,15-16H2. The van der Waals surface area contributed by atoms with Crippen molar-refractivity contribution in [2.45, 2.75) is 0 Å². The Balaban J connectivity index is 2.20. The number of hydrogen-bond acceptors (Lipinski definition) is 2. The van der Waals surface area contributed by atoms with Crippen LogP contribution in [0.25, 0.3) is 22.2 Å². The van der Waals surface area contributed by atoms with Crippen LogP contribution in [0.15, 0.2) is 48.5 Å². The van der Waals surface area contributed by atoms with E-state index in [0.29, 0.717) is 11.4 Å². The number of aromatic nitrogens is 1. The van der Waals surface area contributed by atoms with E-state index in [1.807, 2.05) is 24.3 Å². The van der Waals surface area contributed by atoms with Crippen molar-refractivity contribution >= 4 is 22.3 Å². The van der Waals surface area contributed by atoms with E-state index < -0.39 is 0 Å². The van der Waals surface area contributed by atoms with Gasteiger partial charge < -0.3 is 16.5 Å². The molecule has 1 heterocycles. The maximum Gasteiger partial charge on any atom is 0.0466 e. The summed E-state index contributed by atoms with van der Waals surface area (Å²) in [5, 5.41) is 1.18. The summed E-state index contributed by atoms with van der Waals surface area (Å²) in [6.45, 7) is 0. The lowest BCUT2D eigenvalue weighted by atomic mass is 10.1. The highest BCUT2D eigenvalue weighted by molar-refractivity contribution is 5.86. The quantitative estimate of drug-likeness (QED) is 0.555. The third-order valence-corrected chi connectivity index (χ3v) is 2.82. The SMILES string of the molecule is Nc1cc(N)cc(-c2cc3ccccc3[nH]2)c1. The van der Waals surface area contributed by atoms with Crippen molar-refractivity contribution in [3.63, 3.8) is 0 Å². The van der Waals surface area contributed by atoms with Gasteiger partial charge >= 0.3 is 0 Å². The number of anilines is 2. The Morgan fingerprint density at radius 2 is 1.53 bits per heavy atom. The molecule has 0 aliphatic rings. The minimum Gasteiger partial charge on any atom is -0.399 e. The predicted octanol–water partition coefficient (Wildman–Crippen LogP) is 3.00. The Morgan fingerprint density at radius 3 is 2.24 bits per heavy atom. The Morgan fingerprint density at radius 1 is 0.824 bits per heavy atom. The lowest BCUT2D eigenvalue weighted by molar-refractivity contribution is 1.45. The molecule has 0 unspecified atom stereocenters. The predicted molar refractivity (Wildman–Crippen MR) is 72.6 cm³/mol. The zero-order valence-corrected chi connectivity index (χ0v) is 9.27. The molecule has 0 atom stereocenters. The van der Waals surface area contributed by atoms with Crippen molar-refractivity contribution in [1.82, 2.24) is 4.98 Å². The van der Waals surface area contributed by atoms with Crippen LogP contribution in [-0.2, 0) is 0 Å². The van der Waals surface area contributed by atoms with Gasteiger partial charge in [0.15, 0.2) is 0 Å². The molecular formula is C14H13N3. The van der Waals surface area contributed by atoms with E-state index in [9.17, 15) is 0 Å². The van der Waals surface area contributed by atoms with Gasteiger partial charge in [-0.25, -0.2) is 0 Å². The number of para-hydroxylation sites is 1. The number of hydrogen-bond donors (Lipinski definition) is 3. The first-order valence-electron chi connectivity index (χ1n) is 5.46. The highest BCUT2D eigenvalue weighted by atomic mass is 14.7. The first kappa shape index (κ1) is 9.78. The topological polar surface area (TPSA) is 67.8 Å². The molecule has 0 radical (unpaired) electrons. The van der Waals surface area contributed by atoms with Crippen LogP contribution in [0.1, 0.15) is 0 Å². The minimum atomic E-state index is 0.679. The summed E-state index contributed by atoms with van der Waals surface area (Å²) < 4.78 is 0. The molecule has 0 spiro atoms. The van der Waals surface area contributed by atoms with Gasteiger partial charge in [-0.2, -0.15) is 0 Å². The van der Waals surface area contributed by atoms with Crippen molar-refractivity contribution in [2.24, 2.45) is 0 Å². The fourth-order valence-electron chi connectivity index (χ4n) is 2.06. The Bertz CT molecular complexity index is 630. The van der Waals surface area contributed by atoms with E-state index >= 15 is 0 Å². The number of fused-ring (bicyclic) bond motifs is 1. The lowest BCUT2D eigenvalue weighted by Gasteiger charge is -2.02. The van der Waals surface area contributed by atoms with Crippen LogP contribution in [0, 0.1) is 0 Å². The molecule has 0 aliphatic heterocycles. The summed E-state index contributed by atoms with van der Waals surface area (Å²) in [6.07, 6.45) is 0. The zero-order valence-electron chi connectivity index (χ0n) is 9.27. The Hall–Kier alpha value is -2.42. The monoisotopic (exact) mass is 223 g/mol. The van der Waals surface area contributed by atoms with Gasteiger partial charge in [-0.15, -0.1) is 0 Å². The summed E-state index contributed by atoms with van der Waals surface area (Å²) in [7, 11) is 0. The molecule has 0 amide bonds. The average molecular weight is 223 g/mol. The fraction of sp³-hybridized carbons (Fsp3) is 0. The maximum absolute atomic E-state index is 5.80. The van der Waals surface area contributed by atoms with Crippen molar-refractivity contribution in [3.05, 3.63) is 48.5 Å². The molecule has 5 N–H and O–H groups in total. The van der Waals surface area contributed by atoms with Gasteiger partial charge in [0.05, 0.1) is 0 Å². The van der Waals surface area contributed by atoms with Crippen LogP contribution in [0.5, 0.6) is 0 Å². The molecule has 3 nitrogen and oxygen atoms in total. The molecule has 0 fully saturated rings. The second-order valence-corrected chi connectivity index (χ2v) is 4.16. The van der Waals surface area contributed by atoms with E-state index in [1.54, 1.807) is 6.07 Å². The van der Waals surface area contributed by atoms with Gasteiger partial charge in [0, 0.05) is 33.5 Å². The molecule has 2 aromatic carbocycles. The summed E-state index contributed by atoms with van der Waals surface area (Å²) in [5.41, 5.74) is 16.1. The number of nitrogens with one attached hydrogen (secondary N) is 1. The fourth-order valence-corrected chi connectivity index (χ4v) is 2.06. The second-order valence-electron chi connectivity index (χ2n) is 4.16.